The highest BCUT2D eigenvalue weighted by Crippen LogP contribution is 2.31. The third kappa shape index (κ3) is 3.28. The summed E-state index contributed by atoms with van der Waals surface area (Å²) in [6.45, 7) is 1.85. The van der Waals surface area contributed by atoms with E-state index in [1.165, 1.54) is 17.9 Å². The van der Waals surface area contributed by atoms with Gasteiger partial charge in [0.1, 0.15) is 24.1 Å². The second-order valence-corrected chi connectivity index (χ2v) is 5.07. The van der Waals surface area contributed by atoms with E-state index in [0.717, 1.165) is 0 Å². The van der Waals surface area contributed by atoms with Crippen LogP contribution in [-0.2, 0) is 14.2 Å². The molecule has 1 aromatic heterocycles. The number of ether oxygens (including phenoxy) is 3. The molecule has 0 unspecified atom stereocenters. The van der Waals surface area contributed by atoms with Gasteiger partial charge in [-0.15, -0.1) is 0 Å². The van der Waals surface area contributed by atoms with E-state index < -0.39 is 36.8 Å². The summed E-state index contributed by atoms with van der Waals surface area (Å²) in [7, 11) is 1.52. The second kappa shape index (κ2) is 7.16. The average Bonchev–Trinajstić information content (AvgIpc) is 2.80. The lowest BCUT2D eigenvalue weighted by Gasteiger charge is -2.22. The van der Waals surface area contributed by atoms with Gasteiger partial charge in [-0.05, 0) is 6.92 Å². The third-order valence-electron chi connectivity index (χ3n) is 3.54. The van der Waals surface area contributed by atoms with Gasteiger partial charge in [0.15, 0.2) is 6.23 Å². The highest BCUT2D eigenvalue weighted by Gasteiger charge is 2.45. The number of nitrogens with two attached hydrogens (primary N) is 1. The van der Waals surface area contributed by atoms with Crippen LogP contribution in [0.5, 0.6) is 0 Å². The third-order valence-corrected chi connectivity index (χ3v) is 3.54. The molecule has 9 nitrogen and oxygen atoms in total. The number of aryl methyl sites for hydroxylation is 1. The van der Waals surface area contributed by atoms with E-state index in [9.17, 15) is 15.0 Å². The van der Waals surface area contributed by atoms with Crippen molar-refractivity contribution in [2.45, 2.75) is 31.5 Å². The molecule has 1 saturated heterocycles. The van der Waals surface area contributed by atoms with Gasteiger partial charge < -0.3 is 30.2 Å². The molecule has 0 radical (unpaired) electrons. The quantitative estimate of drug-likeness (QED) is 0.536. The Balaban J connectivity index is 2.29. The van der Waals surface area contributed by atoms with Crippen LogP contribution in [0.2, 0.25) is 0 Å². The Morgan fingerprint density at radius 2 is 2.23 bits per heavy atom. The number of nitrogens with zero attached hydrogens (tertiary/aromatic N) is 2. The maximum absolute atomic E-state index is 12.0. The van der Waals surface area contributed by atoms with Crippen molar-refractivity contribution in [3.05, 3.63) is 22.2 Å². The van der Waals surface area contributed by atoms with Gasteiger partial charge in [0, 0.05) is 18.9 Å². The van der Waals surface area contributed by atoms with Crippen molar-refractivity contribution in [1.82, 2.24) is 9.55 Å². The van der Waals surface area contributed by atoms with Crippen molar-refractivity contribution in [3.8, 4) is 0 Å². The zero-order valence-corrected chi connectivity index (χ0v) is 12.5. The number of rotatable bonds is 6. The Morgan fingerprint density at radius 1 is 1.50 bits per heavy atom. The largest absolute Gasteiger partial charge is 0.394 e. The number of hydrogen-bond donors (Lipinski definition) is 3. The fourth-order valence-corrected chi connectivity index (χ4v) is 2.30. The zero-order chi connectivity index (χ0) is 16.3. The van der Waals surface area contributed by atoms with Crippen molar-refractivity contribution in [3.63, 3.8) is 0 Å². The summed E-state index contributed by atoms with van der Waals surface area (Å²) < 4.78 is 17.2. The van der Waals surface area contributed by atoms with Crippen LogP contribution in [0.3, 0.4) is 0 Å². The van der Waals surface area contributed by atoms with Gasteiger partial charge in [0.25, 0.3) is 0 Å². The molecule has 2 rings (SSSR count). The fraction of sp³-hybridized carbons (Fsp3) is 0.692. The summed E-state index contributed by atoms with van der Waals surface area (Å²) in [5.74, 6) is 0.135. The van der Waals surface area contributed by atoms with Gasteiger partial charge in [-0.25, -0.2) is 4.79 Å². The normalized spacial score (nSPS) is 28.2. The summed E-state index contributed by atoms with van der Waals surface area (Å²) in [5, 5.41) is 19.5. The molecule has 0 aliphatic carbocycles. The van der Waals surface area contributed by atoms with E-state index >= 15 is 0 Å². The number of aliphatic hydroxyl groups excluding tert-OH is 2. The Hall–Kier alpha value is -1.52. The van der Waals surface area contributed by atoms with Crippen LogP contribution in [0, 0.1) is 6.92 Å². The summed E-state index contributed by atoms with van der Waals surface area (Å²) in [6, 6.07) is 0. The van der Waals surface area contributed by atoms with E-state index in [-0.39, 0.29) is 12.4 Å². The summed E-state index contributed by atoms with van der Waals surface area (Å²) in [5.41, 5.74) is 5.59. The van der Waals surface area contributed by atoms with Gasteiger partial charge in [-0.2, -0.15) is 4.98 Å². The number of anilines is 1. The molecule has 1 aliphatic rings. The van der Waals surface area contributed by atoms with Gasteiger partial charge >= 0.3 is 5.69 Å². The Kier molecular flexibility index (Phi) is 5.48. The van der Waals surface area contributed by atoms with Gasteiger partial charge in [-0.1, -0.05) is 0 Å². The molecule has 22 heavy (non-hydrogen) atoms. The molecule has 124 valence electrons. The lowest BCUT2D eigenvalue weighted by Crippen LogP contribution is -2.39. The Bertz CT molecular complexity index is 563. The van der Waals surface area contributed by atoms with E-state index in [1.54, 1.807) is 6.92 Å². The molecule has 1 aromatic rings. The van der Waals surface area contributed by atoms with Crippen molar-refractivity contribution < 1.29 is 24.4 Å². The topological polar surface area (TPSA) is 129 Å². The lowest BCUT2D eigenvalue weighted by molar-refractivity contribution is -0.0819. The van der Waals surface area contributed by atoms with E-state index in [2.05, 4.69) is 4.98 Å². The van der Waals surface area contributed by atoms with Crippen LogP contribution in [0.25, 0.3) is 0 Å². The van der Waals surface area contributed by atoms with Crippen LogP contribution in [0.1, 0.15) is 11.8 Å². The molecule has 2 heterocycles. The first-order valence-corrected chi connectivity index (χ1v) is 6.89. The smallest absolute Gasteiger partial charge is 0.351 e. The van der Waals surface area contributed by atoms with Crippen LogP contribution in [0.15, 0.2) is 11.0 Å². The lowest BCUT2D eigenvalue weighted by atomic mass is 10.1. The molecular weight excluding hydrogens is 294 g/mol. The highest BCUT2D eigenvalue weighted by molar-refractivity contribution is 5.35. The summed E-state index contributed by atoms with van der Waals surface area (Å²) in [4.78, 5) is 15.7. The minimum atomic E-state index is -1.07. The monoisotopic (exact) mass is 315 g/mol. The maximum Gasteiger partial charge on any atom is 0.351 e. The Labute approximate surface area is 127 Å². The molecule has 0 aromatic carbocycles. The predicted octanol–water partition coefficient (Wildman–Crippen LogP) is -1.58. The van der Waals surface area contributed by atoms with Crippen LogP contribution in [0.4, 0.5) is 5.82 Å². The minimum Gasteiger partial charge on any atom is -0.394 e. The number of aromatic nitrogens is 2. The van der Waals surface area contributed by atoms with Crippen LogP contribution >= 0.6 is 0 Å². The molecule has 1 fully saturated rings. The number of nitrogen functional groups attached to an aromatic ring is 1. The predicted molar refractivity (Wildman–Crippen MR) is 76.3 cm³/mol. The molecule has 1 aliphatic heterocycles. The van der Waals surface area contributed by atoms with Gasteiger partial charge in [-0.3, -0.25) is 4.57 Å². The molecule has 9 heteroatoms. The molecule has 0 amide bonds. The first kappa shape index (κ1) is 16.8. The second-order valence-electron chi connectivity index (χ2n) is 5.07. The highest BCUT2D eigenvalue weighted by atomic mass is 16.6. The Morgan fingerprint density at radius 3 is 2.86 bits per heavy atom. The standard InChI is InChI=1S/C13H21N3O6/c1-7-5-16(13(19)15-11(7)14)12-10(21-4-3-20-2)9(18)8(6-17)22-12/h5,8-10,12,17-18H,3-4,6H2,1-2H3,(H2,14,15,19)/t8-,9+,10+,12+/m1/s1. The van der Waals surface area contributed by atoms with E-state index in [0.29, 0.717) is 12.2 Å². The van der Waals surface area contributed by atoms with Crippen molar-refractivity contribution in [1.29, 1.82) is 0 Å². The van der Waals surface area contributed by atoms with Crippen molar-refractivity contribution in [2.75, 3.05) is 32.7 Å². The molecule has 0 bridgehead atoms. The van der Waals surface area contributed by atoms with Gasteiger partial charge in [0.05, 0.1) is 19.8 Å². The fourth-order valence-electron chi connectivity index (χ4n) is 2.30. The first-order valence-electron chi connectivity index (χ1n) is 6.89. The molecule has 4 atom stereocenters. The van der Waals surface area contributed by atoms with Crippen molar-refractivity contribution in [2.24, 2.45) is 0 Å². The van der Waals surface area contributed by atoms with Crippen molar-refractivity contribution >= 4 is 5.82 Å². The summed E-state index contributed by atoms with van der Waals surface area (Å²) >= 11 is 0. The maximum atomic E-state index is 12.0. The minimum absolute atomic E-state index is 0.135. The van der Waals surface area contributed by atoms with Gasteiger partial charge in [0.2, 0.25) is 0 Å². The summed E-state index contributed by atoms with van der Waals surface area (Å²) in [6.07, 6.45) is -2.15. The number of aliphatic hydroxyl groups is 2. The SMILES string of the molecule is COCCO[C@H]1[C@@H](O)[C@@H](CO)O[C@@H]1n1cc(C)c(N)nc1=O. The first-order chi connectivity index (χ1) is 10.5. The molecule has 4 N–H and O–H groups in total. The van der Waals surface area contributed by atoms with Crippen LogP contribution in [-0.4, -0.2) is 65.0 Å². The van der Waals surface area contributed by atoms with E-state index in [1.807, 2.05) is 0 Å². The molecule has 0 saturated carbocycles. The van der Waals surface area contributed by atoms with E-state index in [4.69, 9.17) is 19.9 Å². The zero-order valence-electron chi connectivity index (χ0n) is 12.5. The molecule has 0 spiro atoms. The number of methoxy groups -OCH3 is 1. The average molecular weight is 315 g/mol. The van der Waals surface area contributed by atoms with Crippen LogP contribution < -0.4 is 11.4 Å². The molecular formula is C13H21N3O6. The number of hydrogen-bond acceptors (Lipinski definition) is 8.